The first-order valence-corrected chi connectivity index (χ1v) is 11.4. The van der Waals surface area contributed by atoms with Crippen LogP contribution in [0.3, 0.4) is 0 Å². The van der Waals surface area contributed by atoms with E-state index in [9.17, 15) is 4.79 Å². The molecule has 3 rings (SSSR count). The Morgan fingerprint density at radius 2 is 1.80 bits per heavy atom. The van der Waals surface area contributed by atoms with Crippen LogP contribution in [-0.4, -0.2) is 68.2 Å². The summed E-state index contributed by atoms with van der Waals surface area (Å²) in [4.78, 5) is 17.6. The normalized spacial score (nSPS) is 26.8. The third-order valence-electron chi connectivity index (χ3n) is 7.22. The fourth-order valence-electron chi connectivity index (χ4n) is 4.80. The Bertz CT molecular complexity index is 703. The lowest BCUT2D eigenvalue weighted by molar-refractivity contribution is -0.128. The first-order chi connectivity index (χ1) is 14.4. The van der Waals surface area contributed by atoms with Crippen molar-refractivity contribution in [2.45, 2.75) is 58.7 Å². The SMILES string of the molecule is COc1ccc(CN2CCN([C@H](C)C(=O)N[C@@H]3CCC[C@@H](C)[C@H]3C)CC2)cc1OC. The summed E-state index contributed by atoms with van der Waals surface area (Å²) in [5.41, 5.74) is 1.22. The topological polar surface area (TPSA) is 54.0 Å². The summed E-state index contributed by atoms with van der Waals surface area (Å²) in [6.45, 7) is 11.3. The molecule has 0 aromatic heterocycles. The van der Waals surface area contributed by atoms with Crippen molar-refractivity contribution in [2.75, 3.05) is 40.4 Å². The maximum Gasteiger partial charge on any atom is 0.237 e. The Labute approximate surface area is 181 Å². The van der Waals surface area contributed by atoms with Gasteiger partial charge in [-0.3, -0.25) is 14.6 Å². The van der Waals surface area contributed by atoms with Crippen LogP contribution in [0.2, 0.25) is 0 Å². The van der Waals surface area contributed by atoms with Crippen LogP contribution in [0.4, 0.5) is 0 Å². The van der Waals surface area contributed by atoms with Crippen molar-refractivity contribution in [1.82, 2.24) is 15.1 Å². The maximum absolute atomic E-state index is 12.9. The van der Waals surface area contributed by atoms with E-state index < -0.39 is 0 Å². The lowest BCUT2D eigenvalue weighted by atomic mass is 9.78. The Morgan fingerprint density at radius 1 is 1.10 bits per heavy atom. The third kappa shape index (κ3) is 5.46. The third-order valence-corrected chi connectivity index (χ3v) is 7.22. The lowest BCUT2D eigenvalue weighted by Crippen LogP contribution is -2.56. The largest absolute Gasteiger partial charge is 0.493 e. The highest BCUT2D eigenvalue weighted by Gasteiger charge is 2.31. The molecule has 1 aromatic carbocycles. The van der Waals surface area contributed by atoms with Crippen molar-refractivity contribution in [3.8, 4) is 11.5 Å². The highest BCUT2D eigenvalue weighted by atomic mass is 16.5. The second kappa shape index (κ2) is 10.5. The molecule has 0 bridgehead atoms. The highest BCUT2D eigenvalue weighted by molar-refractivity contribution is 5.81. The van der Waals surface area contributed by atoms with E-state index in [1.807, 2.05) is 12.1 Å². The summed E-state index contributed by atoms with van der Waals surface area (Å²) in [6.07, 6.45) is 3.62. The van der Waals surface area contributed by atoms with Crippen LogP contribution in [0, 0.1) is 11.8 Å². The molecule has 0 radical (unpaired) electrons. The number of hydrogen-bond acceptors (Lipinski definition) is 5. The van der Waals surface area contributed by atoms with E-state index in [4.69, 9.17) is 9.47 Å². The molecule has 1 heterocycles. The van der Waals surface area contributed by atoms with Gasteiger partial charge in [0.2, 0.25) is 5.91 Å². The van der Waals surface area contributed by atoms with Crippen molar-refractivity contribution in [2.24, 2.45) is 11.8 Å². The van der Waals surface area contributed by atoms with Crippen molar-refractivity contribution in [1.29, 1.82) is 0 Å². The predicted molar refractivity (Wildman–Crippen MR) is 120 cm³/mol. The molecule has 1 amide bonds. The summed E-state index contributed by atoms with van der Waals surface area (Å²) in [7, 11) is 3.32. The Hall–Kier alpha value is -1.79. The van der Waals surface area contributed by atoms with Gasteiger partial charge < -0.3 is 14.8 Å². The molecule has 1 aliphatic heterocycles. The summed E-state index contributed by atoms with van der Waals surface area (Å²) >= 11 is 0. The number of ether oxygens (including phenoxy) is 2. The van der Waals surface area contributed by atoms with Gasteiger partial charge in [-0.15, -0.1) is 0 Å². The van der Waals surface area contributed by atoms with E-state index in [-0.39, 0.29) is 11.9 Å². The van der Waals surface area contributed by atoms with Crippen molar-refractivity contribution >= 4 is 5.91 Å². The minimum absolute atomic E-state index is 0.0716. The predicted octanol–water partition coefficient (Wildman–Crippen LogP) is 3.15. The average molecular weight is 418 g/mol. The number of piperazine rings is 1. The minimum atomic E-state index is -0.0716. The first-order valence-electron chi connectivity index (χ1n) is 11.4. The lowest BCUT2D eigenvalue weighted by Gasteiger charge is -2.39. The van der Waals surface area contributed by atoms with Gasteiger partial charge in [-0.1, -0.05) is 32.8 Å². The fraction of sp³-hybridized carbons (Fsp3) is 0.708. The molecule has 2 fully saturated rings. The van der Waals surface area contributed by atoms with Gasteiger partial charge in [0.1, 0.15) is 0 Å². The first kappa shape index (κ1) is 22.9. The molecule has 2 aliphatic rings. The van der Waals surface area contributed by atoms with E-state index in [2.05, 4.69) is 42.0 Å². The van der Waals surface area contributed by atoms with E-state index in [1.165, 1.54) is 18.4 Å². The molecule has 1 saturated carbocycles. The number of nitrogens with zero attached hydrogens (tertiary/aromatic N) is 2. The summed E-state index contributed by atoms with van der Waals surface area (Å²) in [6, 6.07) is 6.36. The van der Waals surface area contributed by atoms with Gasteiger partial charge in [0.15, 0.2) is 11.5 Å². The number of carbonyl (C=O) groups is 1. The van der Waals surface area contributed by atoms with Crippen molar-refractivity contribution in [3.05, 3.63) is 23.8 Å². The van der Waals surface area contributed by atoms with E-state index in [1.54, 1.807) is 14.2 Å². The molecule has 1 aromatic rings. The fourth-order valence-corrected chi connectivity index (χ4v) is 4.80. The molecule has 6 heteroatoms. The van der Waals surface area contributed by atoms with Gasteiger partial charge in [0.25, 0.3) is 0 Å². The number of amides is 1. The number of methoxy groups -OCH3 is 2. The zero-order valence-corrected chi connectivity index (χ0v) is 19.3. The minimum Gasteiger partial charge on any atom is -0.493 e. The Morgan fingerprint density at radius 3 is 2.47 bits per heavy atom. The number of nitrogens with one attached hydrogen (secondary N) is 1. The smallest absolute Gasteiger partial charge is 0.237 e. The van der Waals surface area contributed by atoms with Crippen LogP contribution >= 0.6 is 0 Å². The van der Waals surface area contributed by atoms with Crippen LogP contribution in [0.1, 0.15) is 45.6 Å². The van der Waals surface area contributed by atoms with E-state index in [0.29, 0.717) is 17.9 Å². The molecule has 0 unspecified atom stereocenters. The molecular weight excluding hydrogens is 378 g/mol. The molecule has 168 valence electrons. The van der Waals surface area contributed by atoms with Crippen molar-refractivity contribution < 1.29 is 14.3 Å². The van der Waals surface area contributed by atoms with Gasteiger partial charge in [0, 0.05) is 38.8 Å². The quantitative estimate of drug-likeness (QED) is 0.739. The highest BCUT2D eigenvalue weighted by Crippen LogP contribution is 2.30. The van der Waals surface area contributed by atoms with E-state index in [0.717, 1.165) is 50.6 Å². The van der Waals surface area contributed by atoms with Crippen LogP contribution in [0.5, 0.6) is 11.5 Å². The summed E-state index contributed by atoms with van der Waals surface area (Å²) in [5.74, 6) is 2.97. The van der Waals surface area contributed by atoms with Crippen LogP contribution in [-0.2, 0) is 11.3 Å². The standard InChI is InChI=1S/C24H39N3O3/c1-17-7-6-8-21(18(17)2)25-24(28)19(3)27-13-11-26(12-14-27)16-20-9-10-22(29-4)23(15-20)30-5/h9-10,15,17-19,21H,6-8,11-14,16H2,1-5H3,(H,25,28)/t17-,18-,19-,21-/m1/s1. The number of rotatable bonds is 7. The number of hydrogen-bond donors (Lipinski definition) is 1. The maximum atomic E-state index is 12.9. The molecule has 4 atom stereocenters. The molecule has 6 nitrogen and oxygen atoms in total. The van der Waals surface area contributed by atoms with Gasteiger partial charge in [-0.25, -0.2) is 0 Å². The molecule has 30 heavy (non-hydrogen) atoms. The van der Waals surface area contributed by atoms with Crippen molar-refractivity contribution in [3.63, 3.8) is 0 Å². The van der Waals surface area contributed by atoms with Gasteiger partial charge >= 0.3 is 0 Å². The van der Waals surface area contributed by atoms with Gasteiger partial charge in [-0.2, -0.15) is 0 Å². The monoisotopic (exact) mass is 417 g/mol. The molecule has 1 saturated heterocycles. The molecule has 0 spiro atoms. The molecule has 1 N–H and O–H groups in total. The zero-order chi connectivity index (χ0) is 21.7. The number of carbonyl (C=O) groups excluding carboxylic acids is 1. The Kier molecular flexibility index (Phi) is 8.00. The number of benzene rings is 1. The van der Waals surface area contributed by atoms with Crippen LogP contribution in [0.25, 0.3) is 0 Å². The second-order valence-electron chi connectivity index (χ2n) is 9.06. The van der Waals surface area contributed by atoms with Gasteiger partial charge in [0.05, 0.1) is 20.3 Å². The second-order valence-corrected chi connectivity index (χ2v) is 9.06. The Balaban J connectivity index is 1.48. The molecular formula is C24H39N3O3. The molecule has 1 aliphatic carbocycles. The summed E-state index contributed by atoms with van der Waals surface area (Å²) in [5, 5.41) is 3.35. The zero-order valence-electron chi connectivity index (χ0n) is 19.3. The average Bonchev–Trinajstić information content (AvgIpc) is 2.76. The van der Waals surface area contributed by atoms with Crippen LogP contribution < -0.4 is 14.8 Å². The van der Waals surface area contributed by atoms with Crippen LogP contribution in [0.15, 0.2) is 18.2 Å². The van der Waals surface area contributed by atoms with Gasteiger partial charge in [-0.05, 0) is 42.9 Å². The van der Waals surface area contributed by atoms with E-state index >= 15 is 0 Å². The summed E-state index contributed by atoms with van der Waals surface area (Å²) < 4.78 is 10.7.